The Labute approximate surface area is 170 Å². The topological polar surface area (TPSA) is 85.0 Å². The first-order chi connectivity index (χ1) is 13.5. The quantitative estimate of drug-likeness (QED) is 0.399. The third-order valence-corrected chi connectivity index (χ3v) is 4.79. The van der Waals surface area contributed by atoms with Crippen molar-refractivity contribution in [2.75, 3.05) is 19.4 Å². The Morgan fingerprint density at radius 2 is 2.04 bits per heavy atom. The predicted octanol–water partition coefficient (Wildman–Crippen LogP) is 4.23. The second-order valence-corrected chi connectivity index (χ2v) is 6.95. The second-order valence-electron chi connectivity index (χ2n) is 5.74. The Morgan fingerprint density at radius 3 is 2.68 bits per heavy atom. The van der Waals surface area contributed by atoms with Crippen LogP contribution in [0.1, 0.15) is 5.56 Å². The lowest BCUT2D eigenvalue weighted by atomic mass is 10.1. The lowest BCUT2D eigenvalue weighted by Crippen LogP contribution is -2.34. The summed E-state index contributed by atoms with van der Waals surface area (Å²) in [6.07, 6.45) is 3.45. The van der Waals surface area contributed by atoms with Crippen LogP contribution in [0.5, 0.6) is 5.75 Å². The summed E-state index contributed by atoms with van der Waals surface area (Å²) in [6, 6.07) is 13.0. The highest BCUT2D eigenvalue weighted by Crippen LogP contribution is 2.24. The SMILES string of the molecule is CSC1=N/C(=C/c2ccc([N+](=O)[O-])cc2)C(=O)N1CCOc1cccc(Cl)c1. The Bertz CT molecular complexity index is 960. The average molecular weight is 418 g/mol. The molecule has 2 aromatic rings. The van der Waals surface area contributed by atoms with Gasteiger partial charge >= 0.3 is 0 Å². The summed E-state index contributed by atoms with van der Waals surface area (Å²) in [4.78, 5) is 28.9. The number of carbonyl (C=O) groups excluding carboxylic acids is 1. The number of nitro benzene ring substituents is 1. The molecule has 0 fully saturated rings. The maximum atomic E-state index is 12.7. The van der Waals surface area contributed by atoms with E-state index >= 15 is 0 Å². The van der Waals surface area contributed by atoms with Crippen molar-refractivity contribution in [2.24, 2.45) is 4.99 Å². The van der Waals surface area contributed by atoms with E-state index in [2.05, 4.69) is 4.99 Å². The van der Waals surface area contributed by atoms with Crippen LogP contribution in [0.15, 0.2) is 59.2 Å². The number of hydrogen-bond acceptors (Lipinski definition) is 6. The van der Waals surface area contributed by atoms with Gasteiger partial charge in [-0.3, -0.25) is 19.8 Å². The highest BCUT2D eigenvalue weighted by Gasteiger charge is 2.29. The van der Waals surface area contributed by atoms with Crippen LogP contribution in [0, 0.1) is 10.1 Å². The molecule has 7 nitrogen and oxygen atoms in total. The van der Waals surface area contributed by atoms with Gasteiger partial charge in [0.15, 0.2) is 5.17 Å². The van der Waals surface area contributed by atoms with E-state index in [4.69, 9.17) is 16.3 Å². The van der Waals surface area contributed by atoms with Gasteiger partial charge in [0.05, 0.1) is 11.5 Å². The van der Waals surface area contributed by atoms with Crippen LogP contribution in [0.25, 0.3) is 6.08 Å². The molecule has 9 heteroatoms. The minimum absolute atomic E-state index is 0.00649. The number of nitro groups is 1. The molecule has 1 aliphatic heterocycles. The van der Waals surface area contributed by atoms with Crippen molar-refractivity contribution < 1.29 is 14.5 Å². The number of halogens is 1. The number of carbonyl (C=O) groups is 1. The molecule has 0 unspecified atom stereocenters. The molecule has 28 heavy (non-hydrogen) atoms. The Hall–Kier alpha value is -2.84. The molecule has 0 aliphatic carbocycles. The van der Waals surface area contributed by atoms with Gasteiger partial charge in [0, 0.05) is 17.2 Å². The van der Waals surface area contributed by atoms with Gasteiger partial charge < -0.3 is 4.74 Å². The van der Waals surface area contributed by atoms with Gasteiger partial charge in [0.1, 0.15) is 18.1 Å². The fraction of sp³-hybridized carbons (Fsp3) is 0.158. The summed E-state index contributed by atoms with van der Waals surface area (Å²) in [5.74, 6) is 0.390. The number of aliphatic imine (C=N–C) groups is 1. The third kappa shape index (κ3) is 4.71. The average Bonchev–Trinajstić information content (AvgIpc) is 2.97. The number of nitrogens with zero attached hydrogens (tertiary/aromatic N) is 3. The molecule has 1 heterocycles. The minimum atomic E-state index is -0.469. The molecule has 0 atom stereocenters. The van der Waals surface area contributed by atoms with Crippen LogP contribution in [0.4, 0.5) is 5.69 Å². The van der Waals surface area contributed by atoms with Crippen molar-refractivity contribution in [2.45, 2.75) is 0 Å². The fourth-order valence-corrected chi connectivity index (χ4v) is 3.31. The molecule has 0 bridgehead atoms. The maximum absolute atomic E-state index is 12.7. The first-order valence-electron chi connectivity index (χ1n) is 8.27. The monoisotopic (exact) mass is 417 g/mol. The van der Waals surface area contributed by atoms with Crippen molar-refractivity contribution in [1.29, 1.82) is 0 Å². The first kappa shape index (κ1) is 19.9. The van der Waals surface area contributed by atoms with E-state index in [0.717, 1.165) is 0 Å². The summed E-state index contributed by atoms with van der Waals surface area (Å²) in [5.41, 5.74) is 0.934. The number of ether oxygens (including phenoxy) is 1. The van der Waals surface area contributed by atoms with E-state index in [1.807, 2.05) is 6.26 Å². The summed E-state index contributed by atoms with van der Waals surface area (Å²) >= 11 is 7.29. The lowest BCUT2D eigenvalue weighted by molar-refractivity contribution is -0.384. The summed E-state index contributed by atoms with van der Waals surface area (Å²) < 4.78 is 5.65. The van der Waals surface area contributed by atoms with Crippen molar-refractivity contribution in [3.8, 4) is 5.75 Å². The normalized spacial score (nSPS) is 15.1. The van der Waals surface area contributed by atoms with Crippen molar-refractivity contribution in [1.82, 2.24) is 4.90 Å². The van der Waals surface area contributed by atoms with E-state index in [-0.39, 0.29) is 23.9 Å². The predicted molar refractivity (Wildman–Crippen MR) is 111 cm³/mol. The number of thioether (sulfide) groups is 1. The number of rotatable bonds is 6. The molecule has 0 radical (unpaired) electrons. The number of non-ortho nitro benzene ring substituents is 1. The first-order valence-corrected chi connectivity index (χ1v) is 9.87. The number of hydrogen-bond donors (Lipinski definition) is 0. The van der Waals surface area contributed by atoms with Crippen molar-refractivity contribution in [3.05, 3.63) is 74.9 Å². The van der Waals surface area contributed by atoms with E-state index < -0.39 is 4.92 Å². The molecule has 1 amide bonds. The van der Waals surface area contributed by atoms with Gasteiger partial charge in [-0.1, -0.05) is 29.4 Å². The Kier molecular flexibility index (Phi) is 6.33. The Morgan fingerprint density at radius 1 is 1.29 bits per heavy atom. The largest absolute Gasteiger partial charge is 0.492 e. The van der Waals surface area contributed by atoms with E-state index in [0.29, 0.717) is 28.0 Å². The number of amides is 1. The summed E-state index contributed by atoms with van der Waals surface area (Å²) in [7, 11) is 0. The van der Waals surface area contributed by atoms with Crippen LogP contribution in [0.2, 0.25) is 5.02 Å². The van der Waals surface area contributed by atoms with E-state index in [1.54, 1.807) is 47.4 Å². The molecular weight excluding hydrogens is 402 g/mol. The van der Waals surface area contributed by atoms with Gasteiger partial charge in [-0.15, -0.1) is 0 Å². The van der Waals surface area contributed by atoms with E-state index in [1.165, 1.54) is 23.9 Å². The number of benzene rings is 2. The molecule has 144 valence electrons. The third-order valence-electron chi connectivity index (χ3n) is 3.88. The maximum Gasteiger partial charge on any atom is 0.278 e. The lowest BCUT2D eigenvalue weighted by Gasteiger charge is -2.17. The molecular formula is C19H16ClN3O4S. The molecule has 0 saturated carbocycles. The zero-order valence-corrected chi connectivity index (χ0v) is 16.4. The van der Waals surface area contributed by atoms with Gasteiger partial charge in [0.25, 0.3) is 11.6 Å². The van der Waals surface area contributed by atoms with Crippen LogP contribution in [-0.4, -0.2) is 40.3 Å². The zero-order chi connectivity index (χ0) is 20.1. The Balaban J connectivity index is 1.68. The second kappa shape index (κ2) is 8.90. The van der Waals surface area contributed by atoms with Crippen LogP contribution in [0.3, 0.4) is 0 Å². The summed E-state index contributed by atoms with van der Waals surface area (Å²) in [6.45, 7) is 0.624. The molecule has 0 saturated heterocycles. The van der Waals surface area contributed by atoms with Gasteiger partial charge in [-0.25, -0.2) is 4.99 Å². The summed E-state index contributed by atoms with van der Waals surface area (Å²) in [5, 5.41) is 11.9. The van der Waals surface area contributed by atoms with Crippen molar-refractivity contribution >= 4 is 46.2 Å². The van der Waals surface area contributed by atoms with Crippen LogP contribution < -0.4 is 4.74 Å². The minimum Gasteiger partial charge on any atom is -0.492 e. The standard InChI is InChI=1S/C19H16ClN3O4S/c1-28-19-21-17(11-13-5-7-15(8-6-13)23(25)26)18(24)22(19)9-10-27-16-4-2-3-14(20)12-16/h2-8,11-12H,9-10H2,1H3/b17-11+. The van der Waals surface area contributed by atoms with E-state index in [9.17, 15) is 14.9 Å². The smallest absolute Gasteiger partial charge is 0.278 e. The molecule has 0 N–H and O–H groups in total. The highest BCUT2D eigenvalue weighted by atomic mass is 35.5. The molecule has 2 aromatic carbocycles. The molecule has 1 aliphatic rings. The zero-order valence-electron chi connectivity index (χ0n) is 14.9. The van der Waals surface area contributed by atoms with Crippen LogP contribution in [-0.2, 0) is 4.79 Å². The fourth-order valence-electron chi connectivity index (χ4n) is 2.55. The van der Waals surface area contributed by atoms with Gasteiger partial charge in [-0.2, -0.15) is 0 Å². The number of amidine groups is 1. The highest BCUT2D eigenvalue weighted by molar-refractivity contribution is 8.13. The molecule has 3 rings (SSSR count). The van der Waals surface area contributed by atoms with Crippen LogP contribution >= 0.6 is 23.4 Å². The molecule has 0 spiro atoms. The van der Waals surface area contributed by atoms with Crippen molar-refractivity contribution in [3.63, 3.8) is 0 Å². The van der Waals surface area contributed by atoms with Gasteiger partial charge in [-0.05, 0) is 48.2 Å². The molecule has 0 aromatic heterocycles. The van der Waals surface area contributed by atoms with Gasteiger partial charge in [0.2, 0.25) is 0 Å².